The number of nitrogens with one attached hydrogen (secondary N) is 1. The summed E-state index contributed by atoms with van der Waals surface area (Å²) < 4.78 is 0. The smallest absolute Gasteiger partial charge is 0.323 e. The fourth-order valence-corrected chi connectivity index (χ4v) is 3.02. The van der Waals surface area contributed by atoms with Crippen molar-refractivity contribution < 1.29 is 9.59 Å². The fourth-order valence-electron chi connectivity index (χ4n) is 3.02. The Kier molecular flexibility index (Phi) is 4.13. The highest BCUT2D eigenvalue weighted by molar-refractivity contribution is 6.07. The van der Waals surface area contributed by atoms with Gasteiger partial charge < -0.3 is 5.32 Å². The van der Waals surface area contributed by atoms with Crippen LogP contribution in [0.2, 0.25) is 0 Å². The lowest BCUT2D eigenvalue weighted by Crippen LogP contribution is -2.50. The molecule has 1 spiro atoms. The first kappa shape index (κ1) is 14.3. The van der Waals surface area contributed by atoms with Crippen LogP contribution in [0.25, 0.3) is 0 Å². The van der Waals surface area contributed by atoms with E-state index < -0.39 is 5.54 Å². The normalized spacial score (nSPS) is 31.4. The second-order valence-electron chi connectivity index (χ2n) is 5.87. The van der Waals surface area contributed by atoms with Crippen LogP contribution in [0.3, 0.4) is 0 Å². The minimum absolute atomic E-state index is 0.0173. The molecule has 5 nitrogen and oxygen atoms in total. The molecule has 1 aliphatic heterocycles. The molecule has 2 aliphatic rings. The van der Waals surface area contributed by atoms with Crippen molar-refractivity contribution in [3.63, 3.8) is 0 Å². The number of rotatable bonds is 4. The molecule has 1 saturated carbocycles. The minimum atomic E-state index is -0.600. The van der Waals surface area contributed by atoms with Crippen molar-refractivity contribution in [2.45, 2.75) is 52.0 Å². The van der Waals surface area contributed by atoms with Gasteiger partial charge in [0.05, 0.1) is 6.67 Å². The summed E-state index contributed by atoms with van der Waals surface area (Å²) in [4.78, 5) is 28.1. The minimum Gasteiger partial charge on any atom is -0.323 e. The topological polar surface area (TPSA) is 52.6 Å². The average Bonchev–Trinajstić information content (AvgIpc) is 2.63. The van der Waals surface area contributed by atoms with Gasteiger partial charge in [-0.05, 0) is 44.7 Å². The molecule has 3 amide bonds. The van der Waals surface area contributed by atoms with Gasteiger partial charge >= 0.3 is 6.03 Å². The summed E-state index contributed by atoms with van der Waals surface area (Å²) in [7, 11) is 0. The summed E-state index contributed by atoms with van der Waals surface area (Å²) in [6.45, 7) is 8.39. The second kappa shape index (κ2) is 5.49. The molecule has 5 heteroatoms. The van der Waals surface area contributed by atoms with Crippen molar-refractivity contribution >= 4 is 11.9 Å². The van der Waals surface area contributed by atoms with Crippen LogP contribution in [-0.4, -0.2) is 47.0 Å². The molecule has 2 rings (SSSR count). The van der Waals surface area contributed by atoms with Crippen molar-refractivity contribution in [2.75, 3.05) is 19.8 Å². The quantitative estimate of drug-likeness (QED) is 0.790. The second-order valence-corrected chi connectivity index (χ2v) is 5.87. The van der Waals surface area contributed by atoms with Gasteiger partial charge in [-0.15, -0.1) is 0 Å². The van der Waals surface area contributed by atoms with Gasteiger partial charge in [0.15, 0.2) is 0 Å². The van der Waals surface area contributed by atoms with E-state index in [2.05, 4.69) is 17.1 Å². The van der Waals surface area contributed by atoms with Gasteiger partial charge in [0, 0.05) is 0 Å². The van der Waals surface area contributed by atoms with Crippen molar-refractivity contribution in [1.29, 1.82) is 0 Å². The van der Waals surface area contributed by atoms with Crippen LogP contribution in [0.5, 0.6) is 0 Å². The molecule has 1 N–H and O–H groups in total. The van der Waals surface area contributed by atoms with Crippen LogP contribution >= 0.6 is 0 Å². The van der Waals surface area contributed by atoms with Gasteiger partial charge in [0.2, 0.25) is 0 Å². The van der Waals surface area contributed by atoms with Gasteiger partial charge in [0.25, 0.3) is 5.91 Å². The first-order valence-corrected chi connectivity index (χ1v) is 7.39. The zero-order valence-corrected chi connectivity index (χ0v) is 12.2. The van der Waals surface area contributed by atoms with E-state index in [1.54, 1.807) is 0 Å². The summed E-state index contributed by atoms with van der Waals surface area (Å²) in [5.74, 6) is 0.642. The maximum atomic E-state index is 12.6. The van der Waals surface area contributed by atoms with Crippen LogP contribution in [0, 0.1) is 5.92 Å². The molecule has 0 atom stereocenters. The Morgan fingerprint density at radius 3 is 2.37 bits per heavy atom. The molecule has 0 aromatic heterocycles. The number of carbonyl (C=O) groups is 2. The van der Waals surface area contributed by atoms with E-state index in [-0.39, 0.29) is 11.9 Å². The summed E-state index contributed by atoms with van der Waals surface area (Å²) in [6, 6.07) is -0.216. The number of carbonyl (C=O) groups excluding carboxylic acids is 2. The molecule has 0 bridgehead atoms. The standard InChI is InChI=1S/C14H25N3O2/c1-4-16(5-2)10-17-12(18)14(15-13(17)19)8-6-11(3)7-9-14/h11H,4-10H2,1-3H3,(H,15,19). The van der Waals surface area contributed by atoms with E-state index in [0.717, 1.165) is 38.8 Å². The maximum Gasteiger partial charge on any atom is 0.326 e. The van der Waals surface area contributed by atoms with Crippen LogP contribution in [-0.2, 0) is 4.79 Å². The molecular formula is C14H25N3O2. The molecule has 1 aliphatic carbocycles. The molecule has 0 aromatic rings. The van der Waals surface area contributed by atoms with Gasteiger partial charge in [0.1, 0.15) is 5.54 Å². The Hall–Kier alpha value is -1.10. The highest BCUT2D eigenvalue weighted by Crippen LogP contribution is 2.36. The summed E-state index contributed by atoms with van der Waals surface area (Å²) >= 11 is 0. The third-order valence-electron chi connectivity index (χ3n) is 4.61. The fraction of sp³-hybridized carbons (Fsp3) is 0.857. The Labute approximate surface area is 115 Å². The van der Waals surface area contributed by atoms with Gasteiger partial charge in [-0.3, -0.25) is 9.69 Å². The van der Waals surface area contributed by atoms with Crippen molar-refractivity contribution in [2.24, 2.45) is 5.92 Å². The first-order valence-electron chi connectivity index (χ1n) is 7.39. The summed E-state index contributed by atoms with van der Waals surface area (Å²) in [6.07, 6.45) is 3.61. The third kappa shape index (κ3) is 2.61. The molecular weight excluding hydrogens is 242 g/mol. The van der Waals surface area contributed by atoms with E-state index in [9.17, 15) is 9.59 Å². The highest BCUT2D eigenvalue weighted by atomic mass is 16.2. The molecule has 1 saturated heterocycles. The largest absolute Gasteiger partial charge is 0.326 e. The SMILES string of the molecule is CCN(CC)CN1C(=O)NC2(CCC(C)CC2)C1=O. The molecule has 0 aromatic carbocycles. The number of imide groups is 1. The highest BCUT2D eigenvalue weighted by Gasteiger charge is 2.52. The Bertz CT molecular complexity index is 358. The van der Waals surface area contributed by atoms with Gasteiger partial charge in [-0.2, -0.15) is 0 Å². The van der Waals surface area contributed by atoms with E-state index >= 15 is 0 Å². The van der Waals surface area contributed by atoms with E-state index in [1.165, 1.54) is 4.90 Å². The predicted octanol–water partition coefficient (Wildman–Crippen LogP) is 1.79. The number of nitrogens with zero attached hydrogens (tertiary/aromatic N) is 2. The van der Waals surface area contributed by atoms with Gasteiger partial charge in [-0.1, -0.05) is 20.8 Å². The maximum absolute atomic E-state index is 12.6. The third-order valence-corrected chi connectivity index (χ3v) is 4.61. The Morgan fingerprint density at radius 1 is 1.26 bits per heavy atom. The molecule has 1 heterocycles. The lowest BCUT2D eigenvalue weighted by atomic mass is 9.77. The Balaban J connectivity index is 2.08. The van der Waals surface area contributed by atoms with E-state index in [0.29, 0.717) is 12.6 Å². The lowest BCUT2D eigenvalue weighted by molar-refractivity contribution is -0.134. The number of hydrogen-bond acceptors (Lipinski definition) is 3. The molecule has 19 heavy (non-hydrogen) atoms. The average molecular weight is 267 g/mol. The van der Waals surface area contributed by atoms with Crippen molar-refractivity contribution in [3.05, 3.63) is 0 Å². The van der Waals surface area contributed by atoms with Crippen molar-refractivity contribution in [3.8, 4) is 0 Å². The number of hydrogen-bond donors (Lipinski definition) is 1. The van der Waals surface area contributed by atoms with Crippen molar-refractivity contribution in [1.82, 2.24) is 15.1 Å². The number of urea groups is 1. The van der Waals surface area contributed by atoms with E-state index in [4.69, 9.17) is 0 Å². The van der Waals surface area contributed by atoms with Crippen LogP contribution < -0.4 is 5.32 Å². The van der Waals surface area contributed by atoms with Crippen LogP contribution in [0.15, 0.2) is 0 Å². The zero-order chi connectivity index (χ0) is 14.0. The van der Waals surface area contributed by atoms with Crippen LogP contribution in [0.1, 0.15) is 46.5 Å². The Morgan fingerprint density at radius 2 is 1.84 bits per heavy atom. The zero-order valence-electron chi connectivity index (χ0n) is 12.2. The molecule has 108 valence electrons. The molecule has 0 unspecified atom stereocenters. The monoisotopic (exact) mass is 267 g/mol. The number of amides is 3. The van der Waals surface area contributed by atoms with Crippen LogP contribution in [0.4, 0.5) is 4.79 Å². The molecule has 2 fully saturated rings. The predicted molar refractivity (Wildman–Crippen MR) is 73.5 cm³/mol. The van der Waals surface area contributed by atoms with Gasteiger partial charge in [-0.25, -0.2) is 9.69 Å². The van der Waals surface area contributed by atoms with E-state index in [1.807, 2.05) is 13.8 Å². The summed E-state index contributed by atoms with van der Waals surface area (Å²) in [5.41, 5.74) is -0.600. The molecule has 0 radical (unpaired) electrons. The lowest BCUT2D eigenvalue weighted by Gasteiger charge is -2.34. The first-order chi connectivity index (χ1) is 9.02. The summed E-state index contributed by atoms with van der Waals surface area (Å²) in [5, 5.41) is 2.95.